The van der Waals surface area contributed by atoms with E-state index in [2.05, 4.69) is 31.1 Å². The highest BCUT2D eigenvalue weighted by Crippen LogP contribution is 2.18. The van der Waals surface area contributed by atoms with E-state index >= 15 is 0 Å². The van der Waals surface area contributed by atoms with Crippen molar-refractivity contribution in [3.05, 3.63) is 65.7 Å². The second-order valence-electron chi connectivity index (χ2n) is 5.92. The molecule has 0 aliphatic carbocycles. The fraction of sp³-hybridized carbons (Fsp3) is 0.158. The number of aromatic amines is 1. The molecule has 4 aromatic rings. The zero-order valence-corrected chi connectivity index (χ0v) is 14.1. The summed E-state index contributed by atoms with van der Waals surface area (Å²) in [6.45, 7) is 4.06. The van der Waals surface area contributed by atoms with Gasteiger partial charge in [0, 0.05) is 18.3 Å². The fourth-order valence-electron chi connectivity index (χ4n) is 2.69. The zero-order chi connectivity index (χ0) is 17.2. The number of aryl methyl sites for hydroxylation is 2. The largest absolute Gasteiger partial charge is 0.322 e. The minimum absolute atomic E-state index is 0.557. The van der Waals surface area contributed by atoms with Crippen molar-refractivity contribution in [2.24, 2.45) is 4.99 Å². The highest BCUT2D eigenvalue weighted by molar-refractivity contribution is 5.65. The normalized spacial score (nSPS) is 11.6. The van der Waals surface area contributed by atoms with Gasteiger partial charge >= 0.3 is 0 Å². The Hall–Kier alpha value is -3.28. The molecule has 0 saturated carbocycles. The van der Waals surface area contributed by atoms with Crippen LogP contribution in [0.1, 0.15) is 17.1 Å². The van der Waals surface area contributed by atoms with Crippen molar-refractivity contribution in [3.63, 3.8) is 0 Å². The Balaban J connectivity index is 1.51. The van der Waals surface area contributed by atoms with E-state index in [4.69, 9.17) is 0 Å². The predicted molar refractivity (Wildman–Crippen MR) is 98.3 cm³/mol. The van der Waals surface area contributed by atoms with Crippen LogP contribution in [0.2, 0.25) is 0 Å². The first-order valence-corrected chi connectivity index (χ1v) is 8.15. The van der Waals surface area contributed by atoms with E-state index in [9.17, 15) is 0 Å². The van der Waals surface area contributed by atoms with Crippen molar-refractivity contribution < 1.29 is 0 Å². The third kappa shape index (κ3) is 3.06. The molecule has 0 radical (unpaired) electrons. The highest BCUT2D eigenvalue weighted by atomic mass is 15.3. The summed E-state index contributed by atoms with van der Waals surface area (Å²) in [5, 5.41) is 4.54. The molecule has 0 bridgehead atoms. The van der Waals surface area contributed by atoms with E-state index in [1.54, 1.807) is 12.4 Å². The van der Waals surface area contributed by atoms with Crippen molar-refractivity contribution in [3.8, 4) is 11.3 Å². The number of imidazole rings is 1. The van der Waals surface area contributed by atoms with Gasteiger partial charge in [0.15, 0.2) is 11.5 Å². The van der Waals surface area contributed by atoms with Crippen LogP contribution in [0.5, 0.6) is 0 Å². The predicted octanol–water partition coefficient (Wildman–Crippen LogP) is 3.68. The summed E-state index contributed by atoms with van der Waals surface area (Å²) in [7, 11) is 0. The molecule has 6 nitrogen and oxygen atoms in total. The molecule has 0 unspecified atom stereocenters. The Morgan fingerprint density at radius 1 is 1.12 bits per heavy atom. The lowest BCUT2D eigenvalue weighted by Gasteiger charge is -1.98. The third-order valence-electron chi connectivity index (χ3n) is 4.05. The van der Waals surface area contributed by atoms with E-state index < -0.39 is 0 Å². The van der Waals surface area contributed by atoms with Gasteiger partial charge in [0.05, 0.1) is 11.9 Å². The highest BCUT2D eigenvalue weighted by Gasteiger charge is 2.07. The molecular weight excluding hydrogens is 312 g/mol. The number of hydrogen-bond donors (Lipinski definition) is 1. The Bertz CT molecular complexity index is 1000. The molecule has 0 amide bonds. The second kappa shape index (κ2) is 6.32. The van der Waals surface area contributed by atoms with Crippen molar-refractivity contribution in [2.45, 2.75) is 20.3 Å². The summed E-state index contributed by atoms with van der Waals surface area (Å²) in [6, 6.07) is 14.2. The Morgan fingerprint density at radius 2 is 1.96 bits per heavy atom. The molecule has 4 rings (SSSR count). The Morgan fingerprint density at radius 3 is 2.76 bits per heavy atom. The number of rotatable bonds is 4. The van der Waals surface area contributed by atoms with E-state index in [1.165, 1.54) is 0 Å². The van der Waals surface area contributed by atoms with Gasteiger partial charge in [-0.25, -0.2) is 19.5 Å². The standard InChI is InChI=1S/C19H18N6/c1-13-8-9-14(2)25-18(13)23-17(24-25)10-11-20-19-21-12-16(22-19)15-6-4-3-5-7-15/h3-9,11-12H,10H2,1-2H3,(H,21,22). The molecule has 3 heterocycles. The van der Waals surface area contributed by atoms with Crippen LogP contribution < -0.4 is 0 Å². The zero-order valence-electron chi connectivity index (χ0n) is 14.1. The van der Waals surface area contributed by atoms with Gasteiger partial charge in [0.2, 0.25) is 5.95 Å². The van der Waals surface area contributed by atoms with Gasteiger partial charge in [-0.1, -0.05) is 36.4 Å². The van der Waals surface area contributed by atoms with Crippen LogP contribution in [-0.2, 0) is 6.42 Å². The SMILES string of the molecule is Cc1ccc(C)n2nc(CC=Nc3ncc(-c4ccccc4)[nH]3)nc12. The maximum Gasteiger partial charge on any atom is 0.226 e. The molecule has 0 fully saturated rings. The number of aromatic nitrogens is 5. The first kappa shape index (κ1) is 15.3. The lowest BCUT2D eigenvalue weighted by Crippen LogP contribution is -1.95. The number of H-pyrrole nitrogens is 1. The molecule has 6 heteroatoms. The molecule has 0 aliphatic heterocycles. The second-order valence-corrected chi connectivity index (χ2v) is 5.92. The number of fused-ring (bicyclic) bond motifs is 1. The van der Waals surface area contributed by atoms with E-state index in [-0.39, 0.29) is 0 Å². The van der Waals surface area contributed by atoms with Gasteiger partial charge in [-0.05, 0) is 31.0 Å². The van der Waals surface area contributed by atoms with Gasteiger partial charge in [0.25, 0.3) is 0 Å². The number of aliphatic imine (C=N–C) groups is 1. The quantitative estimate of drug-likeness (QED) is 0.580. The molecule has 0 atom stereocenters. The molecule has 0 aliphatic rings. The number of nitrogens with one attached hydrogen (secondary N) is 1. The topological polar surface area (TPSA) is 71.2 Å². The first-order valence-electron chi connectivity index (χ1n) is 8.15. The summed E-state index contributed by atoms with van der Waals surface area (Å²) >= 11 is 0. The number of pyridine rings is 1. The molecule has 0 spiro atoms. The van der Waals surface area contributed by atoms with Crippen LogP contribution in [0.4, 0.5) is 5.95 Å². The van der Waals surface area contributed by atoms with Gasteiger partial charge in [0.1, 0.15) is 0 Å². The summed E-state index contributed by atoms with van der Waals surface area (Å²) < 4.78 is 1.87. The Labute approximate surface area is 145 Å². The molecule has 25 heavy (non-hydrogen) atoms. The van der Waals surface area contributed by atoms with Crippen molar-refractivity contribution in [1.82, 2.24) is 24.6 Å². The first-order chi connectivity index (χ1) is 12.2. The average Bonchev–Trinajstić information content (AvgIpc) is 3.27. The summed E-state index contributed by atoms with van der Waals surface area (Å²) in [6.07, 6.45) is 4.13. The minimum Gasteiger partial charge on any atom is -0.322 e. The Kier molecular flexibility index (Phi) is 3.85. The van der Waals surface area contributed by atoms with Gasteiger partial charge in [-0.2, -0.15) is 5.10 Å². The average molecular weight is 330 g/mol. The summed E-state index contributed by atoms with van der Waals surface area (Å²) in [5.74, 6) is 1.32. The monoisotopic (exact) mass is 330 g/mol. The number of nitrogens with zero attached hydrogens (tertiary/aromatic N) is 5. The van der Waals surface area contributed by atoms with Crippen molar-refractivity contribution in [2.75, 3.05) is 0 Å². The van der Waals surface area contributed by atoms with Crippen molar-refractivity contribution in [1.29, 1.82) is 0 Å². The van der Waals surface area contributed by atoms with Crippen molar-refractivity contribution >= 4 is 17.8 Å². The van der Waals surface area contributed by atoms with Crippen LogP contribution in [0.15, 0.2) is 53.7 Å². The molecule has 0 saturated heterocycles. The third-order valence-corrected chi connectivity index (χ3v) is 4.05. The van der Waals surface area contributed by atoms with Crippen LogP contribution in [0.3, 0.4) is 0 Å². The van der Waals surface area contributed by atoms with Gasteiger partial charge in [-0.15, -0.1) is 0 Å². The molecule has 1 N–H and O–H groups in total. The lowest BCUT2D eigenvalue weighted by atomic mass is 10.2. The van der Waals surface area contributed by atoms with Crippen LogP contribution in [0, 0.1) is 13.8 Å². The number of hydrogen-bond acceptors (Lipinski definition) is 4. The van der Waals surface area contributed by atoms with Gasteiger partial charge in [-0.3, -0.25) is 0 Å². The van der Waals surface area contributed by atoms with E-state index in [0.717, 1.165) is 34.0 Å². The minimum atomic E-state index is 0.557. The lowest BCUT2D eigenvalue weighted by molar-refractivity contribution is 0.881. The molecule has 124 valence electrons. The summed E-state index contributed by atoms with van der Waals surface area (Å²) in [4.78, 5) is 16.5. The maximum absolute atomic E-state index is 4.59. The van der Waals surface area contributed by atoms with E-state index in [0.29, 0.717) is 12.4 Å². The maximum atomic E-state index is 4.59. The van der Waals surface area contributed by atoms with Gasteiger partial charge < -0.3 is 4.98 Å². The number of benzene rings is 1. The summed E-state index contributed by atoms with van der Waals surface area (Å²) in [5.41, 5.74) is 5.11. The molecular formula is C19H18N6. The van der Waals surface area contributed by atoms with Crippen LogP contribution >= 0.6 is 0 Å². The molecule has 3 aromatic heterocycles. The van der Waals surface area contributed by atoms with E-state index in [1.807, 2.05) is 54.8 Å². The molecule has 1 aromatic carbocycles. The smallest absolute Gasteiger partial charge is 0.226 e. The fourth-order valence-corrected chi connectivity index (χ4v) is 2.69. The van der Waals surface area contributed by atoms with Crippen LogP contribution in [-0.4, -0.2) is 30.8 Å². The van der Waals surface area contributed by atoms with Crippen LogP contribution in [0.25, 0.3) is 16.9 Å².